The summed E-state index contributed by atoms with van der Waals surface area (Å²) >= 11 is 0. The Balaban J connectivity index is 2.39. The molecule has 1 aromatic carbocycles. The third kappa shape index (κ3) is 2.79. The number of aliphatic carboxylic acids is 1. The highest BCUT2D eigenvalue weighted by atomic mass is 16.5. The van der Waals surface area contributed by atoms with E-state index in [0.29, 0.717) is 36.6 Å². The molecule has 0 N–H and O–H groups in total. The van der Waals surface area contributed by atoms with E-state index in [4.69, 9.17) is 14.2 Å². The maximum atomic E-state index is 12.6. The van der Waals surface area contributed by atoms with E-state index in [9.17, 15) is 14.7 Å². The van der Waals surface area contributed by atoms with Gasteiger partial charge in [0.1, 0.15) is 0 Å². The first-order valence-electron chi connectivity index (χ1n) is 6.85. The van der Waals surface area contributed by atoms with Crippen LogP contribution in [0.3, 0.4) is 0 Å². The van der Waals surface area contributed by atoms with E-state index in [1.54, 1.807) is 0 Å². The third-order valence-electron chi connectivity index (χ3n) is 3.70. The Morgan fingerprint density at radius 3 is 2.18 bits per heavy atom. The standard InChI is InChI=1S/C15H19NO6/c1-20-11-7-9(8-12(21-2)13(11)22-3)14(17)16-6-4-5-10(16)15(18)19/h7-8,10H,4-6H2,1-3H3,(H,18,19)/p-1/t10-/m0/s1. The van der Waals surface area contributed by atoms with Crippen LogP contribution in [0.1, 0.15) is 23.2 Å². The Morgan fingerprint density at radius 2 is 1.73 bits per heavy atom. The van der Waals surface area contributed by atoms with Crippen LogP contribution in [0.5, 0.6) is 17.2 Å². The Hall–Kier alpha value is -2.44. The van der Waals surface area contributed by atoms with Gasteiger partial charge in [-0.25, -0.2) is 0 Å². The van der Waals surface area contributed by atoms with Crippen LogP contribution >= 0.6 is 0 Å². The summed E-state index contributed by atoms with van der Waals surface area (Å²) in [5.41, 5.74) is 0.280. The lowest BCUT2D eigenvalue weighted by molar-refractivity contribution is -0.310. The molecule has 7 heteroatoms. The van der Waals surface area contributed by atoms with Crippen molar-refractivity contribution >= 4 is 11.9 Å². The number of methoxy groups -OCH3 is 3. The quantitative estimate of drug-likeness (QED) is 0.764. The molecule has 1 aliphatic rings. The number of hydrogen-bond acceptors (Lipinski definition) is 6. The number of carbonyl (C=O) groups is 2. The number of ether oxygens (including phenoxy) is 3. The number of benzene rings is 1. The first-order chi connectivity index (χ1) is 10.5. The number of likely N-dealkylation sites (tertiary alicyclic amines) is 1. The molecule has 7 nitrogen and oxygen atoms in total. The van der Waals surface area contributed by atoms with E-state index in [-0.39, 0.29) is 5.56 Å². The lowest BCUT2D eigenvalue weighted by atomic mass is 10.1. The summed E-state index contributed by atoms with van der Waals surface area (Å²) in [7, 11) is 4.37. The van der Waals surface area contributed by atoms with E-state index in [1.165, 1.54) is 38.4 Å². The first kappa shape index (κ1) is 15.9. The highest BCUT2D eigenvalue weighted by Crippen LogP contribution is 2.38. The molecular weight excluding hydrogens is 290 g/mol. The van der Waals surface area contributed by atoms with E-state index in [1.807, 2.05) is 0 Å². The van der Waals surface area contributed by atoms with Crippen LogP contribution in [0, 0.1) is 0 Å². The van der Waals surface area contributed by atoms with Gasteiger partial charge in [0, 0.05) is 12.1 Å². The van der Waals surface area contributed by atoms with Gasteiger partial charge in [0.2, 0.25) is 5.75 Å². The summed E-state index contributed by atoms with van der Waals surface area (Å²) in [6.07, 6.45) is 1.04. The maximum absolute atomic E-state index is 12.6. The van der Waals surface area contributed by atoms with Crippen LogP contribution in [-0.4, -0.2) is 50.7 Å². The Bertz CT molecular complexity index is 560. The van der Waals surface area contributed by atoms with E-state index >= 15 is 0 Å². The molecule has 120 valence electrons. The predicted octanol–water partition coefficient (Wildman–Crippen LogP) is 0.0669. The van der Waals surface area contributed by atoms with Crippen LogP contribution in [0.15, 0.2) is 12.1 Å². The minimum atomic E-state index is -1.24. The van der Waals surface area contributed by atoms with Gasteiger partial charge >= 0.3 is 0 Å². The molecule has 1 fully saturated rings. The zero-order valence-electron chi connectivity index (χ0n) is 12.8. The third-order valence-corrected chi connectivity index (χ3v) is 3.70. The second-order valence-corrected chi connectivity index (χ2v) is 4.89. The maximum Gasteiger partial charge on any atom is 0.254 e. The van der Waals surface area contributed by atoms with E-state index < -0.39 is 17.9 Å². The fourth-order valence-corrected chi connectivity index (χ4v) is 2.63. The summed E-state index contributed by atoms with van der Waals surface area (Å²) in [5.74, 6) is -0.576. The van der Waals surface area contributed by atoms with Crippen LogP contribution in [0.25, 0.3) is 0 Å². The molecule has 0 unspecified atom stereocenters. The molecular formula is C15H18NO6-. The SMILES string of the molecule is COc1cc(C(=O)N2CCC[C@H]2C(=O)[O-])cc(OC)c1OC. The molecule has 0 spiro atoms. The van der Waals surface area contributed by atoms with Crippen molar-refractivity contribution in [3.8, 4) is 17.2 Å². The van der Waals surface area contributed by atoms with Gasteiger partial charge in [-0.15, -0.1) is 0 Å². The molecule has 1 aliphatic heterocycles. The van der Waals surface area contributed by atoms with E-state index in [2.05, 4.69) is 0 Å². The Kier molecular flexibility index (Phi) is 4.75. The Morgan fingerprint density at radius 1 is 1.14 bits per heavy atom. The molecule has 2 rings (SSSR count). The van der Waals surface area contributed by atoms with Crippen molar-refractivity contribution in [1.29, 1.82) is 0 Å². The van der Waals surface area contributed by atoms with Crippen molar-refractivity contribution in [3.63, 3.8) is 0 Å². The molecule has 1 aromatic rings. The average molecular weight is 308 g/mol. The number of rotatable bonds is 5. The number of carbonyl (C=O) groups excluding carboxylic acids is 2. The van der Waals surface area contributed by atoms with Crippen LogP contribution < -0.4 is 19.3 Å². The molecule has 22 heavy (non-hydrogen) atoms. The number of nitrogens with zero attached hydrogens (tertiary/aromatic N) is 1. The Labute approximate surface area is 128 Å². The molecule has 1 saturated heterocycles. The molecule has 1 atom stereocenters. The second-order valence-electron chi connectivity index (χ2n) is 4.89. The van der Waals surface area contributed by atoms with Gasteiger partial charge in [0.15, 0.2) is 11.5 Å². The van der Waals surface area contributed by atoms with Gasteiger partial charge < -0.3 is 29.0 Å². The molecule has 1 amide bonds. The molecule has 0 bridgehead atoms. The number of hydrogen-bond donors (Lipinski definition) is 0. The minimum Gasteiger partial charge on any atom is -0.548 e. The molecule has 0 aromatic heterocycles. The van der Waals surface area contributed by atoms with Crippen LogP contribution in [0.4, 0.5) is 0 Å². The largest absolute Gasteiger partial charge is 0.548 e. The van der Waals surface area contributed by atoms with Crippen molar-refractivity contribution in [3.05, 3.63) is 17.7 Å². The number of carboxylic acid groups (broad SMARTS) is 1. The van der Waals surface area contributed by atoms with Crippen molar-refractivity contribution in [2.24, 2.45) is 0 Å². The number of amides is 1. The van der Waals surface area contributed by atoms with Crippen molar-refractivity contribution in [2.75, 3.05) is 27.9 Å². The molecule has 0 saturated carbocycles. The lowest BCUT2D eigenvalue weighted by Crippen LogP contribution is -2.47. The predicted molar refractivity (Wildman–Crippen MR) is 75.2 cm³/mol. The van der Waals surface area contributed by atoms with Gasteiger partial charge in [-0.05, 0) is 25.0 Å². The normalized spacial score (nSPS) is 17.2. The van der Waals surface area contributed by atoms with Gasteiger partial charge in [0.25, 0.3) is 5.91 Å². The highest BCUT2D eigenvalue weighted by molar-refractivity contribution is 5.98. The van der Waals surface area contributed by atoms with Crippen LogP contribution in [0.2, 0.25) is 0 Å². The summed E-state index contributed by atoms with van der Waals surface area (Å²) in [5, 5.41) is 11.1. The fraction of sp³-hybridized carbons (Fsp3) is 0.467. The van der Waals surface area contributed by atoms with Gasteiger partial charge in [-0.2, -0.15) is 0 Å². The summed E-state index contributed by atoms with van der Waals surface area (Å²) in [6, 6.07) is 2.12. The summed E-state index contributed by atoms with van der Waals surface area (Å²) in [6.45, 7) is 0.383. The summed E-state index contributed by atoms with van der Waals surface area (Å²) in [4.78, 5) is 25.0. The van der Waals surface area contributed by atoms with Gasteiger partial charge in [-0.3, -0.25) is 4.79 Å². The topological polar surface area (TPSA) is 88.1 Å². The van der Waals surface area contributed by atoms with E-state index in [0.717, 1.165) is 0 Å². The van der Waals surface area contributed by atoms with Gasteiger partial charge in [-0.1, -0.05) is 0 Å². The summed E-state index contributed by atoms with van der Waals surface area (Å²) < 4.78 is 15.6. The highest BCUT2D eigenvalue weighted by Gasteiger charge is 2.31. The van der Waals surface area contributed by atoms with Crippen molar-refractivity contribution in [1.82, 2.24) is 4.90 Å². The smallest absolute Gasteiger partial charge is 0.254 e. The zero-order valence-corrected chi connectivity index (χ0v) is 12.8. The molecule has 1 heterocycles. The number of carboxylic acids is 1. The first-order valence-corrected chi connectivity index (χ1v) is 6.85. The lowest BCUT2D eigenvalue weighted by Gasteiger charge is -2.26. The second kappa shape index (κ2) is 6.55. The van der Waals surface area contributed by atoms with Crippen LogP contribution in [-0.2, 0) is 4.79 Å². The monoisotopic (exact) mass is 308 g/mol. The molecule has 0 aliphatic carbocycles. The fourth-order valence-electron chi connectivity index (χ4n) is 2.63. The van der Waals surface area contributed by atoms with Crippen molar-refractivity contribution in [2.45, 2.75) is 18.9 Å². The zero-order chi connectivity index (χ0) is 16.3. The molecule has 0 radical (unpaired) electrons. The average Bonchev–Trinajstić information content (AvgIpc) is 3.02. The minimum absolute atomic E-state index is 0.280. The van der Waals surface area contributed by atoms with Crippen molar-refractivity contribution < 1.29 is 28.9 Å². The van der Waals surface area contributed by atoms with Gasteiger partial charge in [0.05, 0.1) is 33.3 Å².